The van der Waals surface area contributed by atoms with Crippen molar-refractivity contribution in [2.24, 2.45) is 0 Å². The van der Waals surface area contributed by atoms with Crippen molar-refractivity contribution in [3.05, 3.63) is 101 Å². The highest BCUT2D eigenvalue weighted by Gasteiger charge is 2.20. The number of amides is 1. The summed E-state index contributed by atoms with van der Waals surface area (Å²) in [4.78, 5) is 14.8. The van der Waals surface area contributed by atoms with Crippen LogP contribution in [0.2, 0.25) is 0 Å². The third kappa shape index (κ3) is 6.47. The maximum Gasteiger partial charge on any atom is 0.251 e. The number of likely N-dealkylation sites (N-methyl/N-ethyl adjacent to an activating group) is 1. The van der Waals surface area contributed by atoms with Gasteiger partial charge in [0.2, 0.25) is 10.0 Å². The molecule has 2 N–H and O–H groups in total. The number of sulfonamides is 1. The Balaban J connectivity index is 1.74. The smallest absolute Gasteiger partial charge is 0.251 e. The Morgan fingerprint density at radius 3 is 2.39 bits per heavy atom. The van der Waals surface area contributed by atoms with Gasteiger partial charge in [-0.1, -0.05) is 48.5 Å². The molecule has 0 radical (unpaired) electrons. The number of nitrogens with one attached hydrogen (secondary N) is 2. The Bertz CT molecular complexity index is 1210. The zero-order chi connectivity index (χ0) is 24.0. The molecule has 0 aliphatic heterocycles. The van der Waals surface area contributed by atoms with Gasteiger partial charge >= 0.3 is 0 Å². The molecular weight excluding hydrogens is 441 g/mol. The van der Waals surface area contributed by atoms with Crippen LogP contribution in [0.4, 0.5) is 4.39 Å². The minimum atomic E-state index is -3.82. The summed E-state index contributed by atoms with van der Waals surface area (Å²) in [6, 6.07) is 19.8. The first-order valence-electron chi connectivity index (χ1n) is 10.5. The van der Waals surface area contributed by atoms with Gasteiger partial charge < -0.3 is 10.2 Å². The van der Waals surface area contributed by atoms with E-state index in [-0.39, 0.29) is 35.4 Å². The van der Waals surface area contributed by atoms with E-state index in [0.717, 1.165) is 11.1 Å². The van der Waals surface area contributed by atoms with E-state index in [2.05, 4.69) is 10.0 Å². The summed E-state index contributed by atoms with van der Waals surface area (Å²) in [6.45, 7) is 2.07. The quantitative estimate of drug-likeness (QED) is 0.502. The van der Waals surface area contributed by atoms with Crippen LogP contribution in [-0.4, -0.2) is 39.9 Å². The van der Waals surface area contributed by atoms with Crippen molar-refractivity contribution in [1.82, 2.24) is 14.9 Å². The number of aryl methyl sites for hydroxylation is 1. The Morgan fingerprint density at radius 2 is 1.73 bits per heavy atom. The van der Waals surface area contributed by atoms with Crippen molar-refractivity contribution >= 4 is 15.9 Å². The van der Waals surface area contributed by atoms with Gasteiger partial charge in [-0.05, 0) is 62.0 Å². The lowest BCUT2D eigenvalue weighted by Gasteiger charge is -2.25. The van der Waals surface area contributed by atoms with Crippen molar-refractivity contribution in [2.75, 3.05) is 20.6 Å². The van der Waals surface area contributed by atoms with E-state index in [4.69, 9.17) is 0 Å². The number of halogens is 1. The molecule has 0 saturated heterocycles. The average molecular weight is 470 g/mol. The summed E-state index contributed by atoms with van der Waals surface area (Å²) in [7, 11) is -0.130. The molecule has 0 bridgehead atoms. The van der Waals surface area contributed by atoms with E-state index in [9.17, 15) is 17.6 Å². The Labute approximate surface area is 194 Å². The van der Waals surface area contributed by atoms with Crippen LogP contribution in [0.1, 0.15) is 33.1 Å². The van der Waals surface area contributed by atoms with Crippen molar-refractivity contribution in [3.63, 3.8) is 0 Å². The van der Waals surface area contributed by atoms with Crippen molar-refractivity contribution in [3.8, 4) is 0 Å². The van der Waals surface area contributed by atoms with E-state index in [1.807, 2.05) is 49.3 Å². The minimum absolute atomic E-state index is 0.0559. The number of carbonyl (C=O) groups is 1. The predicted octanol–water partition coefficient (Wildman–Crippen LogP) is 3.65. The summed E-state index contributed by atoms with van der Waals surface area (Å²) in [6.07, 6.45) is 0. The standard InChI is InChI=1S/C25H28FN3O3S/c1-18-12-13-21(15-24(18)33(31,32)28-16-19-8-5-4-6-9-19)25(30)27-17-23(29(2)3)20-10-7-11-22(26)14-20/h4-15,23,28H,16-17H2,1-3H3,(H,27,30). The summed E-state index contributed by atoms with van der Waals surface area (Å²) in [5.41, 5.74) is 2.34. The molecule has 1 unspecified atom stereocenters. The van der Waals surface area contributed by atoms with Crippen LogP contribution in [0.15, 0.2) is 77.7 Å². The fraction of sp³-hybridized carbons (Fsp3) is 0.240. The number of carbonyl (C=O) groups excluding carboxylic acids is 1. The van der Waals surface area contributed by atoms with Gasteiger partial charge in [-0.25, -0.2) is 17.5 Å². The van der Waals surface area contributed by atoms with Crippen LogP contribution in [0.3, 0.4) is 0 Å². The van der Waals surface area contributed by atoms with E-state index in [1.54, 1.807) is 31.2 Å². The second kappa shape index (κ2) is 10.7. The fourth-order valence-electron chi connectivity index (χ4n) is 3.49. The van der Waals surface area contributed by atoms with Gasteiger partial charge in [-0.3, -0.25) is 4.79 Å². The largest absolute Gasteiger partial charge is 0.350 e. The Morgan fingerprint density at radius 1 is 1.00 bits per heavy atom. The molecular formula is C25H28FN3O3S. The van der Waals surface area contributed by atoms with Crippen LogP contribution in [0.25, 0.3) is 0 Å². The van der Waals surface area contributed by atoms with Crippen LogP contribution < -0.4 is 10.0 Å². The first kappa shape index (κ1) is 24.6. The van der Waals surface area contributed by atoms with Crippen molar-refractivity contribution in [2.45, 2.75) is 24.4 Å². The fourth-order valence-corrected chi connectivity index (χ4v) is 4.77. The number of hydrogen-bond acceptors (Lipinski definition) is 4. The molecule has 1 atom stereocenters. The van der Waals surface area contributed by atoms with E-state index >= 15 is 0 Å². The molecule has 0 aliphatic carbocycles. The van der Waals surface area contributed by atoms with E-state index in [0.29, 0.717) is 5.56 Å². The molecule has 0 saturated carbocycles. The van der Waals surface area contributed by atoms with Gasteiger partial charge in [-0.15, -0.1) is 0 Å². The van der Waals surface area contributed by atoms with Crippen molar-refractivity contribution < 1.29 is 17.6 Å². The number of hydrogen-bond donors (Lipinski definition) is 2. The van der Waals surface area contributed by atoms with Gasteiger partial charge in [0.1, 0.15) is 5.82 Å². The highest BCUT2D eigenvalue weighted by atomic mass is 32.2. The molecule has 6 nitrogen and oxygen atoms in total. The molecule has 0 spiro atoms. The molecule has 174 valence electrons. The minimum Gasteiger partial charge on any atom is -0.350 e. The number of rotatable bonds is 9. The van der Waals surface area contributed by atoms with Crippen LogP contribution in [0.5, 0.6) is 0 Å². The normalized spacial score (nSPS) is 12.5. The summed E-state index contributed by atoms with van der Waals surface area (Å²) < 4.78 is 42.0. The third-order valence-corrected chi connectivity index (χ3v) is 6.90. The average Bonchev–Trinajstić information content (AvgIpc) is 2.78. The second-order valence-corrected chi connectivity index (χ2v) is 9.77. The summed E-state index contributed by atoms with van der Waals surface area (Å²) >= 11 is 0. The first-order valence-corrected chi connectivity index (χ1v) is 12.0. The molecule has 0 aliphatic rings. The topological polar surface area (TPSA) is 78.5 Å². The molecule has 0 heterocycles. The molecule has 3 rings (SSSR count). The van der Waals surface area contributed by atoms with Gasteiger partial charge in [0.15, 0.2) is 0 Å². The zero-order valence-electron chi connectivity index (χ0n) is 18.9. The van der Waals surface area contributed by atoms with Gasteiger partial charge in [0.25, 0.3) is 5.91 Å². The van der Waals surface area contributed by atoms with Crippen molar-refractivity contribution in [1.29, 1.82) is 0 Å². The predicted molar refractivity (Wildman–Crippen MR) is 127 cm³/mol. The lowest BCUT2D eigenvalue weighted by Crippen LogP contribution is -2.34. The summed E-state index contributed by atoms with van der Waals surface area (Å²) in [5.74, 6) is -0.750. The highest BCUT2D eigenvalue weighted by molar-refractivity contribution is 7.89. The molecule has 1 amide bonds. The molecule has 3 aromatic carbocycles. The van der Waals surface area contributed by atoms with Gasteiger partial charge in [0, 0.05) is 18.7 Å². The van der Waals surface area contributed by atoms with Crippen LogP contribution in [0, 0.1) is 12.7 Å². The maximum absolute atomic E-state index is 13.7. The van der Waals surface area contributed by atoms with E-state index in [1.165, 1.54) is 18.2 Å². The van der Waals surface area contributed by atoms with Crippen LogP contribution >= 0.6 is 0 Å². The zero-order valence-corrected chi connectivity index (χ0v) is 19.7. The lowest BCUT2D eigenvalue weighted by molar-refractivity contribution is 0.0941. The third-order valence-electron chi connectivity index (χ3n) is 5.36. The second-order valence-electron chi connectivity index (χ2n) is 8.03. The van der Waals surface area contributed by atoms with Gasteiger partial charge in [0.05, 0.1) is 10.9 Å². The monoisotopic (exact) mass is 469 g/mol. The molecule has 0 aromatic heterocycles. The van der Waals surface area contributed by atoms with E-state index < -0.39 is 15.9 Å². The lowest BCUT2D eigenvalue weighted by atomic mass is 10.1. The van der Waals surface area contributed by atoms with Gasteiger partial charge in [-0.2, -0.15) is 0 Å². The highest BCUT2D eigenvalue weighted by Crippen LogP contribution is 2.20. The first-order chi connectivity index (χ1) is 15.7. The molecule has 33 heavy (non-hydrogen) atoms. The van der Waals surface area contributed by atoms with Crippen LogP contribution in [-0.2, 0) is 16.6 Å². The maximum atomic E-state index is 13.7. The molecule has 3 aromatic rings. The number of benzene rings is 3. The Kier molecular flexibility index (Phi) is 7.97. The molecule has 0 fully saturated rings. The number of nitrogens with zero attached hydrogens (tertiary/aromatic N) is 1. The summed E-state index contributed by atoms with van der Waals surface area (Å²) in [5, 5.41) is 2.84. The molecule has 8 heteroatoms. The SMILES string of the molecule is Cc1ccc(C(=O)NCC(c2cccc(F)c2)N(C)C)cc1S(=O)(=O)NCc1ccccc1. The Hall–Kier alpha value is -3.07.